The summed E-state index contributed by atoms with van der Waals surface area (Å²) >= 11 is 0. The minimum Gasteiger partial charge on any atom is -0.386 e. The van der Waals surface area contributed by atoms with Crippen molar-refractivity contribution in [2.24, 2.45) is 0 Å². The lowest BCUT2D eigenvalue weighted by atomic mass is 10.1. The van der Waals surface area contributed by atoms with E-state index < -0.39 is 49.2 Å². The van der Waals surface area contributed by atoms with Crippen molar-refractivity contribution in [2.45, 2.75) is 25.4 Å². The van der Waals surface area contributed by atoms with Crippen molar-refractivity contribution < 1.29 is 50.3 Å². The Morgan fingerprint density at radius 2 is 0.970 bits per heavy atom. The Bertz CT molecular complexity index is 982. The Labute approximate surface area is 181 Å². The number of ether oxygens (including phenoxy) is 1. The van der Waals surface area contributed by atoms with E-state index in [9.17, 15) is 45.5 Å². The van der Waals surface area contributed by atoms with Gasteiger partial charge in [0.05, 0.1) is 11.1 Å². The molecule has 2 rings (SSSR count). The van der Waals surface area contributed by atoms with Gasteiger partial charge in [0, 0.05) is 13.1 Å². The number of carbonyl (C=O) groups excluding carboxylic acids is 4. The fourth-order valence-corrected chi connectivity index (χ4v) is 2.49. The van der Waals surface area contributed by atoms with E-state index in [4.69, 9.17) is 4.74 Å². The molecule has 2 N–H and O–H groups in total. The molecule has 0 saturated heterocycles. The SMILES string of the molecule is O=C(OC(=O)c1ccccc1CNC(=O)C(F)(F)F)c1ccccc1CNC(=O)C(F)(F)F. The maximum Gasteiger partial charge on any atom is 0.471 e. The van der Waals surface area contributed by atoms with E-state index in [0.717, 1.165) is 12.1 Å². The van der Waals surface area contributed by atoms with Gasteiger partial charge in [0.15, 0.2) is 0 Å². The molecule has 0 unspecified atom stereocenters. The van der Waals surface area contributed by atoms with E-state index in [1.165, 1.54) is 36.4 Å². The van der Waals surface area contributed by atoms with E-state index in [-0.39, 0.29) is 22.3 Å². The van der Waals surface area contributed by atoms with Crippen LogP contribution in [-0.2, 0) is 27.4 Å². The van der Waals surface area contributed by atoms with Crippen LogP contribution in [0.5, 0.6) is 0 Å². The number of alkyl halides is 6. The number of hydrogen-bond acceptors (Lipinski definition) is 5. The first-order valence-electron chi connectivity index (χ1n) is 8.93. The summed E-state index contributed by atoms with van der Waals surface area (Å²) in [5, 5.41) is 3.16. The molecule has 0 saturated carbocycles. The van der Waals surface area contributed by atoms with E-state index in [0.29, 0.717) is 0 Å². The number of nitrogens with one attached hydrogen (secondary N) is 2. The number of halogens is 6. The summed E-state index contributed by atoms with van der Waals surface area (Å²) in [7, 11) is 0. The van der Waals surface area contributed by atoms with Crippen molar-refractivity contribution in [3.63, 3.8) is 0 Å². The maximum atomic E-state index is 12.4. The minimum atomic E-state index is -5.14. The fraction of sp³-hybridized carbons (Fsp3) is 0.200. The minimum absolute atomic E-state index is 0.0846. The molecule has 33 heavy (non-hydrogen) atoms. The summed E-state index contributed by atoms with van der Waals surface area (Å²) in [4.78, 5) is 46.8. The second kappa shape index (κ2) is 10.1. The lowest BCUT2D eigenvalue weighted by Gasteiger charge is -2.13. The van der Waals surface area contributed by atoms with Crippen LogP contribution in [0.4, 0.5) is 26.3 Å². The highest BCUT2D eigenvalue weighted by atomic mass is 19.4. The van der Waals surface area contributed by atoms with Crippen LogP contribution in [0.2, 0.25) is 0 Å². The molecule has 0 spiro atoms. The molecule has 0 fully saturated rings. The average Bonchev–Trinajstić information content (AvgIpc) is 2.74. The van der Waals surface area contributed by atoms with Crippen molar-refractivity contribution in [1.82, 2.24) is 10.6 Å². The van der Waals surface area contributed by atoms with E-state index >= 15 is 0 Å². The van der Waals surface area contributed by atoms with Gasteiger partial charge in [-0.15, -0.1) is 0 Å². The summed E-state index contributed by atoms with van der Waals surface area (Å²) in [6.45, 7) is -1.39. The average molecular weight is 476 g/mol. The van der Waals surface area contributed by atoms with Crippen LogP contribution in [0.3, 0.4) is 0 Å². The molecule has 0 aliphatic heterocycles. The van der Waals surface area contributed by atoms with E-state index in [2.05, 4.69) is 0 Å². The van der Waals surface area contributed by atoms with Crippen LogP contribution >= 0.6 is 0 Å². The monoisotopic (exact) mass is 476 g/mol. The third-order valence-corrected chi connectivity index (χ3v) is 4.05. The zero-order chi connectivity index (χ0) is 24.8. The van der Waals surface area contributed by atoms with Crippen molar-refractivity contribution in [2.75, 3.05) is 0 Å². The molecular formula is C20H14F6N2O5. The first-order valence-corrected chi connectivity index (χ1v) is 8.93. The second-order valence-electron chi connectivity index (χ2n) is 6.35. The smallest absolute Gasteiger partial charge is 0.386 e. The van der Waals surface area contributed by atoms with Crippen LogP contribution in [0, 0.1) is 0 Å². The zero-order valence-corrected chi connectivity index (χ0v) is 16.3. The fourth-order valence-electron chi connectivity index (χ4n) is 2.49. The Kier molecular flexibility index (Phi) is 7.80. The third kappa shape index (κ3) is 7.05. The van der Waals surface area contributed by atoms with Gasteiger partial charge in [-0.05, 0) is 23.3 Å². The number of esters is 2. The quantitative estimate of drug-likeness (QED) is 0.379. The van der Waals surface area contributed by atoms with Crippen molar-refractivity contribution in [3.8, 4) is 0 Å². The Morgan fingerprint density at radius 3 is 1.30 bits per heavy atom. The third-order valence-electron chi connectivity index (χ3n) is 4.05. The van der Waals surface area contributed by atoms with E-state index in [1.54, 1.807) is 10.6 Å². The van der Waals surface area contributed by atoms with Gasteiger partial charge in [-0.3, -0.25) is 9.59 Å². The normalized spacial score (nSPS) is 11.5. The zero-order valence-electron chi connectivity index (χ0n) is 16.3. The second-order valence-corrected chi connectivity index (χ2v) is 6.35. The molecule has 0 aliphatic rings. The predicted octanol–water partition coefficient (Wildman–Crippen LogP) is 3.04. The molecule has 13 heteroatoms. The van der Waals surface area contributed by atoms with Crippen LogP contribution < -0.4 is 10.6 Å². The molecule has 0 atom stereocenters. The van der Waals surface area contributed by atoms with Crippen molar-refractivity contribution >= 4 is 23.8 Å². The molecule has 2 aromatic carbocycles. The standard InChI is InChI=1S/C20H14F6N2O5/c21-19(22,23)17(31)27-9-11-5-1-3-7-13(11)15(29)33-16(30)14-8-4-2-6-12(14)10-28-18(32)20(24,25)26/h1-8H,9-10H2,(H,27,31)(H,28,32). The van der Waals surface area contributed by atoms with Gasteiger partial charge in [-0.1, -0.05) is 36.4 Å². The summed E-state index contributed by atoms with van der Waals surface area (Å²) in [6, 6.07) is 10.1. The molecule has 2 amide bonds. The van der Waals surface area contributed by atoms with Gasteiger partial charge in [0.2, 0.25) is 0 Å². The first-order chi connectivity index (χ1) is 15.3. The van der Waals surface area contributed by atoms with Gasteiger partial charge >= 0.3 is 36.1 Å². The number of amides is 2. The molecule has 0 heterocycles. The summed E-state index contributed by atoms with van der Waals surface area (Å²) in [6.07, 6.45) is -10.3. The lowest BCUT2D eigenvalue weighted by molar-refractivity contribution is -0.173. The molecule has 2 aromatic rings. The topological polar surface area (TPSA) is 102 Å². The predicted molar refractivity (Wildman–Crippen MR) is 98.4 cm³/mol. The van der Waals surface area contributed by atoms with E-state index in [1.807, 2.05) is 0 Å². The van der Waals surface area contributed by atoms with Crippen molar-refractivity contribution in [1.29, 1.82) is 0 Å². The van der Waals surface area contributed by atoms with Crippen LogP contribution in [0.15, 0.2) is 48.5 Å². The van der Waals surface area contributed by atoms with Crippen molar-refractivity contribution in [3.05, 3.63) is 70.8 Å². The largest absolute Gasteiger partial charge is 0.471 e. The van der Waals surface area contributed by atoms with Gasteiger partial charge in [-0.2, -0.15) is 26.3 Å². The maximum absolute atomic E-state index is 12.4. The van der Waals surface area contributed by atoms with Gasteiger partial charge < -0.3 is 15.4 Å². The Hall–Kier alpha value is -3.90. The summed E-state index contributed by atoms with van der Waals surface area (Å²) < 4.78 is 78.8. The Balaban J connectivity index is 2.14. The van der Waals surface area contributed by atoms with Crippen LogP contribution in [0.25, 0.3) is 0 Å². The lowest BCUT2D eigenvalue weighted by Crippen LogP contribution is -2.36. The molecule has 0 radical (unpaired) electrons. The number of carbonyl (C=O) groups is 4. The summed E-state index contributed by atoms with van der Waals surface area (Å²) in [5.74, 6) is -7.02. The molecule has 0 bridgehead atoms. The molecule has 176 valence electrons. The molecular weight excluding hydrogens is 462 g/mol. The number of hydrogen-bond donors (Lipinski definition) is 2. The molecule has 7 nitrogen and oxygen atoms in total. The van der Waals surface area contributed by atoms with Gasteiger partial charge in [0.1, 0.15) is 0 Å². The molecule has 0 aromatic heterocycles. The van der Waals surface area contributed by atoms with Crippen LogP contribution in [0.1, 0.15) is 31.8 Å². The summed E-state index contributed by atoms with van der Waals surface area (Å²) in [5.41, 5.74) is -0.815. The van der Waals surface area contributed by atoms with Gasteiger partial charge in [0.25, 0.3) is 0 Å². The highest BCUT2D eigenvalue weighted by Crippen LogP contribution is 2.18. The highest BCUT2D eigenvalue weighted by molar-refractivity contribution is 6.04. The van der Waals surface area contributed by atoms with Gasteiger partial charge in [-0.25, -0.2) is 9.59 Å². The first kappa shape index (κ1) is 25.4. The molecule has 0 aliphatic carbocycles. The highest BCUT2D eigenvalue weighted by Gasteiger charge is 2.39. The number of rotatable bonds is 6. The number of benzene rings is 2. The van der Waals surface area contributed by atoms with Crippen LogP contribution in [-0.4, -0.2) is 36.1 Å². The Morgan fingerprint density at radius 1 is 0.636 bits per heavy atom.